The molecule has 0 spiro atoms. The molecule has 5 N–H and O–H groups in total. The third-order valence-electron chi connectivity index (χ3n) is 4.20. The summed E-state index contributed by atoms with van der Waals surface area (Å²) >= 11 is 7.03. The first-order valence-corrected chi connectivity index (χ1v) is 10.4. The number of allylic oxidation sites excluding steroid dienone is 1. The number of nitrogens with one attached hydrogen (secondary N) is 1. The number of halogens is 1. The highest BCUT2D eigenvalue weighted by molar-refractivity contribution is 7.99. The van der Waals surface area contributed by atoms with Gasteiger partial charge in [0.25, 0.3) is 0 Å². The maximum absolute atomic E-state index is 12.7. The standard InChI is InChI=1S/C17H21ClN2O2.C3H8N2S/c1-2-11-20(12-21)16(13-7-9-14(18)10-8-13)17(22)19-15-5-3-4-6-15;1-3(4)2-6-5/h2,7-10,12,15-16H,1,3-6,11H2,(H,19,22);2H,4-5H2,1H3/b;3-2-. The average molecular weight is 425 g/mol. The van der Waals surface area contributed by atoms with Gasteiger partial charge in [-0.2, -0.15) is 0 Å². The highest BCUT2D eigenvalue weighted by Crippen LogP contribution is 2.24. The SMILES string of the molecule is C/C(N)=C/SN.C=CCN(C=O)C(C(=O)NC1CCCC1)c1ccc(Cl)cc1. The maximum atomic E-state index is 12.7. The molecule has 1 fully saturated rings. The van der Waals surface area contributed by atoms with Crippen LogP contribution in [0.25, 0.3) is 0 Å². The van der Waals surface area contributed by atoms with E-state index in [1.54, 1.807) is 42.7 Å². The molecule has 2 rings (SSSR count). The van der Waals surface area contributed by atoms with E-state index in [2.05, 4.69) is 11.9 Å². The second-order valence-corrected chi connectivity index (χ2v) is 7.48. The lowest BCUT2D eigenvalue weighted by molar-refractivity contribution is -0.133. The van der Waals surface area contributed by atoms with Crippen molar-refractivity contribution in [3.63, 3.8) is 0 Å². The predicted molar refractivity (Wildman–Crippen MR) is 117 cm³/mol. The van der Waals surface area contributed by atoms with Crippen LogP contribution in [0.5, 0.6) is 0 Å². The van der Waals surface area contributed by atoms with Gasteiger partial charge in [0, 0.05) is 28.7 Å². The molecule has 1 saturated carbocycles. The van der Waals surface area contributed by atoms with E-state index in [1.165, 1.54) is 4.90 Å². The van der Waals surface area contributed by atoms with Crippen LogP contribution < -0.4 is 16.2 Å². The molecule has 1 aromatic carbocycles. The smallest absolute Gasteiger partial charge is 0.247 e. The summed E-state index contributed by atoms with van der Waals surface area (Å²) in [5.74, 6) is -0.150. The lowest BCUT2D eigenvalue weighted by Crippen LogP contribution is -2.43. The van der Waals surface area contributed by atoms with Crippen molar-refractivity contribution in [1.82, 2.24) is 10.2 Å². The molecule has 0 bridgehead atoms. The molecule has 8 heteroatoms. The molecule has 0 aliphatic heterocycles. The molecular formula is C20H29ClN4O2S. The van der Waals surface area contributed by atoms with Gasteiger partial charge in [0.05, 0.1) is 0 Å². The van der Waals surface area contributed by atoms with Crippen LogP contribution in [0.15, 0.2) is 48.0 Å². The zero-order chi connectivity index (χ0) is 20.9. The number of amides is 2. The number of hydrogen-bond acceptors (Lipinski definition) is 5. The zero-order valence-electron chi connectivity index (χ0n) is 16.1. The summed E-state index contributed by atoms with van der Waals surface area (Å²) in [5.41, 5.74) is 6.66. The van der Waals surface area contributed by atoms with Crippen LogP contribution in [0.3, 0.4) is 0 Å². The molecule has 0 aromatic heterocycles. The summed E-state index contributed by atoms with van der Waals surface area (Å²) in [6.45, 7) is 5.75. The van der Waals surface area contributed by atoms with Crippen LogP contribution in [0.1, 0.15) is 44.2 Å². The Labute approximate surface area is 176 Å². The molecule has 154 valence electrons. The number of hydrogen-bond donors (Lipinski definition) is 3. The van der Waals surface area contributed by atoms with Crippen molar-refractivity contribution in [1.29, 1.82) is 0 Å². The van der Waals surface area contributed by atoms with Crippen LogP contribution in [-0.4, -0.2) is 29.8 Å². The molecule has 2 amide bonds. The Morgan fingerprint density at radius 1 is 1.39 bits per heavy atom. The van der Waals surface area contributed by atoms with Crippen LogP contribution in [0, 0.1) is 0 Å². The Kier molecular flexibility index (Phi) is 11.4. The molecule has 1 atom stereocenters. The summed E-state index contributed by atoms with van der Waals surface area (Å²) in [5, 5.41) is 10.3. The predicted octanol–water partition coefficient (Wildman–Crippen LogP) is 3.50. The first-order chi connectivity index (χ1) is 13.4. The van der Waals surface area contributed by atoms with E-state index >= 15 is 0 Å². The summed E-state index contributed by atoms with van der Waals surface area (Å²) in [4.78, 5) is 25.5. The summed E-state index contributed by atoms with van der Waals surface area (Å²) in [6.07, 6.45) is 6.58. The summed E-state index contributed by atoms with van der Waals surface area (Å²) < 4.78 is 0. The zero-order valence-corrected chi connectivity index (χ0v) is 17.7. The number of carbonyl (C=O) groups is 2. The second-order valence-electron chi connectivity index (χ2n) is 6.53. The van der Waals surface area contributed by atoms with Gasteiger partial charge in [0.1, 0.15) is 6.04 Å². The molecule has 6 nitrogen and oxygen atoms in total. The molecule has 0 saturated heterocycles. The third kappa shape index (κ3) is 8.37. The minimum absolute atomic E-state index is 0.150. The Bertz CT molecular complexity index is 657. The lowest BCUT2D eigenvalue weighted by Gasteiger charge is -2.28. The Morgan fingerprint density at radius 3 is 2.43 bits per heavy atom. The number of nitrogens with zero attached hydrogens (tertiary/aromatic N) is 1. The molecule has 1 aliphatic rings. The van der Waals surface area contributed by atoms with Gasteiger partial charge >= 0.3 is 0 Å². The average Bonchev–Trinajstić information content (AvgIpc) is 3.16. The molecule has 1 unspecified atom stereocenters. The van der Waals surface area contributed by atoms with Crippen molar-refractivity contribution >= 4 is 35.9 Å². The largest absolute Gasteiger partial charge is 0.402 e. The molecule has 0 heterocycles. The monoisotopic (exact) mass is 424 g/mol. The van der Waals surface area contributed by atoms with Crippen molar-refractivity contribution in [3.05, 3.63) is 58.6 Å². The molecular weight excluding hydrogens is 396 g/mol. The Balaban J connectivity index is 0.000000568. The fourth-order valence-electron chi connectivity index (χ4n) is 2.95. The van der Waals surface area contributed by atoms with Crippen LogP contribution in [0.2, 0.25) is 5.02 Å². The van der Waals surface area contributed by atoms with Gasteiger partial charge in [0.15, 0.2) is 0 Å². The van der Waals surface area contributed by atoms with Gasteiger partial charge in [-0.25, -0.2) is 0 Å². The highest BCUT2D eigenvalue weighted by atomic mass is 35.5. The molecule has 1 aliphatic carbocycles. The molecule has 28 heavy (non-hydrogen) atoms. The highest BCUT2D eigenvalue weighted by Gasteiger charge is 2.28. The van der Waals surface area contributed by atoms with E-state index in [0.29, 0.717) is 18.0 Å². The fraction of sp³-hybridized carbons (Fsp3) is 0.400. The van der Waals surface area contributed by atoms with Gasteiger partial charge < -0.3 is 16.0 Å². The first-order valence-electron chi connectivity index (χ1n) is 9.08. The van der Waals surface area contributed by atoms with Crippen molar-refractivity contribution in [2.24, 2.45) is 10.9 Å². The lowest BCUT2D eigenvalue weighted by atomic mass is 10.0. The molecule has 1 aromatic rings. The first kappa shape index (κ1) is 24.1. The van der Waals surface area contributed by atoms with Crippen molar-refractivity contribution in [2.45, 2.75) is 44.7 Å². The minimum Gasteiger partial charge on any atom is -0.402 e. The van der Waals surface area contributed by atoms with Gasteiger partial charge in [-0.1, -0.05) is 54.6 Å². The third-order valence-corrected chi connectivity index (χ3v) is 4.96. The molecule has 0 radical (unpaired) electrons. The van der Waals surface area contributed by atoms with E-state index < -0.39 is 6.04 Å². The van der Waals surface area contributed by atoms with Gasteiger partial charge in [-0.15, -0.1) is 6.58 Å². The summed E-state index contributed by atoms with van der Waals surface area (Å²) in [6, 6.07) is 6.56. The van der Waals surface area contributed by atoms with E-state index in [4.69, 9.17) is 22.5 Å². The van der Waals surface area contributed by atoms with Crippen molar-refractivity contribution in [3.8, 4) is 0 Å². The van der Waals surface area contributed by atoms with Crippen LogP contribution >= 0.6 is 23.5 Å². The van der Waals surface area contributed by atoms with Gasteiger partial charge in [0.2, 0.25) is 12.3 Å². The van der Waals surface area contributed by atoms with E-state index in [0.717, 1.165) is 48.9 Å². The van der Waals surface area contributed by atoms with Crippen molar-refractivity contribution < 1.29 is 9.59 Å². The van der Waals surface area contributed by atoms with Crippen LogP contribution in [0.4, 0.5) is 0 Å². The summed E-state index contributed by atoms with van der Waals surface area (Å²) in [7, 11) is 0. The van der Waals surface area contributed by atoms with E-state index in [9.17, 15) is 9.59 Å². The number of rotatable bonds is 8. The number of nitrogens with two attached hydrogens (primary N) is 2. The Hall–Kier alpha value is -1.96. The van der Waals surface area contributed by atoms with Crippen molar-refractivity contribution in [2.75, 3.05) is 6.54 Å². The second kappa shape index (κ2) is 13.3. The number of carbonyl (C=O) groups excluding carboxylic acids is 2. The minimum atomic E-state index is -0.659. The fourth-order valence-corrected chi connectivity index (χ4v) is 3.30. The van der Waals surface area contributed by atoms with E-state index in [1.807, 2.05) is 0 Å². The van der Waals surface area contributed by atoms with Gasteiger partial charge in [-0.3, -0.25) is 14.7 Å². The van der Waals surface area contributed by atoms with Gasteiger partial charge in [-0.05, 0) is 37.5 Å². The van der Waals surface area contributed by atoms with E-state index in [-0.39, 0.29) is 11.9 Å². The normalized spacial score (nSPS) is 15.2. The maximum Gasteiger partial charge on any atom is 0.247 e. The topological polar surface area (TPSA) is 101 Å². The number of benzene rings is 1. The van der Waals surface area contributed by atoms with Crippen LogP contribution in [-0.2, 0) is 9.59 Å². The Morgan fingerprint density at radius 2 is 2.00 bits per heavy atom. The quantitative estimate of drug-likeness (QED) is 0.337.